The molecule has 1 aromatic rings. The first-order valence-electron chi connectivity index (χ1n) is 5.44. The van der Waals surface area contributed by atoms with Gasteiger partial charge in [-0.05, 0) is 32.3 Å². The zero-order chi connectivity index (χ0) is 10.8. The molecule has 1 saturated heterocycles. The van der Waals surface area contributed by atoms with E-state index in [0.29, 0.717) is 0 Å². The lowest BCUT2D eigenvalue weighted by molar-refractivity contribution is 0.0433. The summed E-state index contributed by atoms with van der Waals surface area (Å²) in [5.41, 5.74) is 1.84. The Kier molecular flexibility index (Phi) is 2.87. The molecule has 0 bridgehead atoms. The van der Waals surface area contributed by atoms with E-state index in [1.165, 1.54) is 0 Å². The topological polar surface area (TPSA) is 26.3 Å². The van der Waals surface area contributed by atoms with Gasteiger partial charge >= 0.3 is 0 Å². The van der Waals surface area contributed by atoms with Gasteiger partial charge in [0.2, 0.25) is 0 Å². The first-order valence-corrected chi connectivity index (χ1v) is 5.44. The van der Waals surface area contributed by atoms with E-state index in [1.54, 1.807) is 0 Å². The van der Waals surface area contributed by atoms with Crippen molar-refractivity contribution in [1.82, 2.24) is 0 Å². The number of ether oxygens (including phenoxy) is 1. The minimum absolute atomic E-state index is 0.137. The maximum atomic E-state index is 12.1. The molecule has 1 aromatic carbocycles. The highest BCUT2D eigenvalue weighted by Crippen LogP contribution is 2.23. The number of rotatable bonds is 2. The number of Topliss-reactive ketones (excluding diaryl/α,β-unsaturated/α-hetero) is 1. The third-order valence-corrected chi connectivity index (χ3v) is 2.93. The van der Waals surface area contributed by atoms with Crippen molar-refractivity contribution in [3.05, 3.63) is 35.4 Å². The van der Waals surface area contributed by atoms with E-state index in [2.05, 4.69) is 0 Å². The predicted molar refractivity (Wildman–Crippen MR) is 59.1 cm³/mol. The molecule has 0 amide bonds. The van der Waals surface area contributed by atoms with E-state index in [1.807, 2.05) is 38.1 Å². The van der Waals surface area contributed by atoms with E-state index >= 15 is 0 Å². The van der Waals surface area contributed by atoms with Gasteiger partial charge in [0, 0.05) is 5.56 Å². The van der Waals surface area contributed by atoms with E-state index in [4.69, 9.17) is 4.74 Å². The molecule has 2 rings (SSSR count). The van der Waals surface area contributed by atoms with Gasteiger partial charge < -0.3 is 4.74 Å². The molecule has 2 unspecified atom stereocenters. The minimum Gasteiger partial charge on any atom is -0.367 e. The maximum Gasteiger partial charge on any atom is 0.191 e. The summed E-state index contributed by atoms with van der Waals surface area (Å²) in [6.07, 6.45) is 1.85. The molecule has 0 aliphatic carbocycles. The number of hydrogen-bond acceptors (Lipinski definition) is 2. The second-order valence-corrected chi connectivity index (χ2v) is 4.19. The van der Waals surface area contributed by atoms with E-state index < -0.39 is 0 Å². The molecule has 2 nitrogen and oxygen atoms in total. The molecule has 0 aromatic heterocycles. The van der Waals surface area contributed by atoms with Crippen LogP contribution in [0.1, 0.15) is 35.7 Å². The predicted octanol–water partition coefficient (Wildman–Crippen LogP) is 2.75. The van der Waals surface area contributed by atoms with Gasteiger partial charge in [-0.3, -0.25) is 4.79 Å². The summed E-state index contributed by atoms with van der Waals surface area (Å²) in [4.78, 5) is 12.1. The zero-order valence-corrected chi connectivity index (χ0v) is 9.19. The van der Waals surface area contributed by atoms with Crippen LogP contribution in [0.5, 0.6) is 0 Å². The van der Waals surface area contributed by atoms with Gasteiger partial charge in [-0.25, -0.2) is 0 Å². The Balaban J connectivity index is 2.18. The molecular weight excluding hydrogens is 188 g/mol. The van der Waals surface area contributed by atoms with E-state index in [0.717, 1.165) is 24.0 Å². The summed E-state index contributed by atoms with van der Waals surface area (Å²) >= 11 is 0. The smallest absolute Gasteiger partial charge is 0.191 e. The molecule has 0 saturated carbocycles. The van der Waals surface area contributed by atoms with Crippen molar-refractivity contribution in [3.8, 4) is 0 Å². The Hall–Kier alpha value is -1.15. The van der Waals surface area contributed by atoms with E-state index in [-0.39, 0.29) is 18.0 Å². The number of benzene rings is 1. The molecular formula is C13H16O2. The number of carbonyl (C=O) groups is 1. The monoisotopic (exact) mass is 204 g/mol. The van der Waals surface area contributed by atoms with Crippen LogP contribution in [0.15, 0.2) is 24.3 Å². The molecule has 1 aliphatic heterocycles. The van der Waals surface area contributed by atoms with E-state index in [9.17, 15) is 4.79 Å². The first-order chi connectivity index (χ1) is 7.18. The first kappa shape index (κ1) is 10.4. The third-order valence-electron chi connectivity index (χ3n) is 2.93. The Bertz CT molecular complexity index is 371. The summed E-state index contributed by atoms with van der Waals surface area (Å²) in [5.74, 6) is 0.137. The van der Waals surface area contributed by atoms with Crippen molar-refractivity contribution >= 4 is 5.78 Å². The molecule has 1 fully saturated rings. The summed E-state index contributed by atoms with van der Waals surface area (Å²) in [6, 6.07) is 7.69. The lowest BCUT2D eigenvalue weighted by Crippen LogP contribution is -2.21. The number of ketones is 1. The summed E-state index contributed by atoms with van der Waals surface area (Å²) in [7, 11) is 0. The standard InChI is InChI=1S/C13H16O2/c1-9-5-3-4-6-11(9)13(14)12-8-7-10(2)15-12/h3-6,10,12H,7-8H2,1-2H3. The average Bonchev–Trinajstić information content (AvgIpc) is 2.65. The van der Waals surface area contributed by atoms with Gasteiger partial charge in [0.1, 0.15) is 6.10 Å². The molecule has 15 heavy (non-hydrogen) atoms. The van der Waals surface area contributed by atoms with Gasteiger partial charge in [-0.15, -0.1) is 0 Å². The fourth-order valence-corrected chi connectivity index (χ4v) is 2.02. The Morgan fingerprint density at radius 3 is 2.67 bits per heavy atom. The fraction of sp³-hybridized carbons (Fsp3) is 0.462. The maximum absolute atomic E-state index is 12.1. The summed E-state index contributed by atoms with van der Waals surface area (Å²) in [5, 5.41) is 0. The normalized spacial score (nSPS) is 25.5. The molecule has 2 heteroatoms. The van der Waals surface area contributed by atoms with Gasteiger partial charge in [0.15, 0.2) is 5.78 Å². The van der Waals surface area contributed by atoms with Crippen LogP contribution >= 0.6 is 0 Å². The van der Waals surface area contributed by atoms with Gasteiger partial charge in [0.25, 0.3) is 0 Å². The highest BCUT2D eigenvalue weighted by atomic mass is 16.5. The Morgan fingerprint density at radius 1 is 1.33 bits per heavy atom. The van der Waals surface area contributed by atoms with Crippen molar-refractivity contribution in [3.63, 3.8) is 0 Å². The molecule has 1 aliphatic rings. The highest BCUT2D eigenvalue weighted by molar-refractivity contribution is 6.00. The van der Waals surface area contributed by atoms with Gasteiger partial charge in [-0.1, -0.05) is 24.3 Å². The highest BCUT2D eigenvalue weighted by Gasteiger charge is 2.29. The number of carbonyl (C=O) groups excluding carboxylic acids is 1. The summed E-state index contributed by atoms with van der Waals surface area (Å²) < 4.78 is 5.58. The van der Waals surface area contributed by atoms with Crippen LogP contribution in [0.2, 0.25) is 0 Å². The van der Waals surface area contributed by atoms with Crippen molar-refractivity contribution < 1.29 is 9.53 Å². The Labute approximate surface area is 90.3 Å². The zero-order valence-electron chi connectivity index (χ0n) is 9.19. The quantitative estimate of drug-likeness (QED) is 0.692. The van der Waals surface area contributed by atoms with Crippen molar-refractivity contribution in [1.29, 1.82) is 0 Å². The van der Waals surface area contributed by atoms with Crippen molar-refractivity contribution in [2.45, 2.75) is 38.9 Å². The average molecular weight is 204 g/mol. The molecule has 1 heterocycles. The van der Waals surface area contributed by atoms with Crippen LogP contribution < -0.4 is 0 Å². The van der Waals surface area contributed by atoms with Crippen LogP contribution in [0.25, 0.3) is 0 Å². The largest absolute Gasteiger partial charge is 0.367 e. The van der Waals surface area contributed by atoms with Crippen LogP contribution in [0.4, 0.5) is 0 Å². The summed E-state index contributed by atoms with van der Waals surface area (Å²) in [6.45, 7) is 3.98. The second kappa shape index (κ2) is 4.15. The van der Waals surface area contributed by atoms with Crippen molar-refractivity contribution in [2.24, 2.45) is 0 Å². The van der Waals surface area contributed by atoms with Crippen molar-refractivity contribution in [2.75, 3.05) is 0 Å². The fourth-order valence-electron chi connectivity index (χ4n) is 2.02. The SMILES string of the molecule is Cc1ccccc1C(=O)C1CCC(C)O1. The molecule has 80 valence electrons. The third kappa shape index (κ3) is 2.10. The van der Waals surface area contributed by atoms with Gasteiger partial charge in [-0.2, -0.15) is 0 Å². The lowest BCUT2D eigenvalue weighted by atomic mass is 10.00. The molecule has 0 spiro atoms. The number of aryl methyl sites for hydroxylation is 1. The van der Waals surface area contributed by atoms with Gasteiger partial charge in [0.05, 0.1) is 6.10 Å². The minimum atomic E-state index is -0.221. The van der Waals surface area contributed by atoms with Crippen LogP contribution in [0.3, 0.4) is 0 Å². The van der Waals surface area contributed by atoms with Crippen LogP contribution in [0, 0.1) is 6.92 Å². The second-order valence-electron chi connectivity index (χ2n) is 4.19. The van der Waals surface area contributed by atoms with Crippen LogP contribution in [-0.2, 0) is 4.74 Å². The lowest BCUT2D eigenvalue weighted by Gasteiger charge is -2.11. The molecule has 2 atom stereocenters. The number of hydrogen-bond donors (Lipinski definition) is 0. The van der Waals surface area contributed by atoms with Crippen LogP contribution in [-0.4, -0.2) is 18.0 Å². The molecule has 0 radical (unpaired) electrons. The Morgan fingerprint density at radius 2 is 2.07 bits per heavy atom. The molecule has 0 N–H and O–H groups in total.